The number of rotatable bonds is 7. The van der Waals surface area contributed by atoms with Crippen molar-refractivity contribution < 1.29 is 19.4 Å². The molecule has 1 N–H and O–H groups in total. The highest BCUT2D eigenvalue weighted by Gasteiger charge is 2.31. The lowest BCUT2D eigenvalue weighted by Crippen LogP contribution is -2.41. The fourth-order valence-corrected chi connectivity index (χ4v) is 4.84. The molecule has 4 rings (SSSR count). The summed E-state index contributed by atoms with van der Waals surface area (Å²) in [5.74, 6) is 0.110. The third-order valence-corrected chi connectivity index (χ3v) is 6.41. The highest BCUT2D eigenvalue weighted by Crippen LogP contribution is 2.37. The molecule has 2 aromatic carbocycles. The number of nitrogens with zero attached hydrogens (tertiary/aromatic N) is 3. The molecule has 1 unspecified atom stereocenters. The van der Waals surface area contributed by atoms with Crippen LogP contribution in [-0.2, 0) is 28.9 Å². The zero-order valence-corrected chi connectivity index (χ0v) is 19.5. The van der Waals surface area contributed by atoms with Crippen molar-refractivity contribution in [3.63, 3.8) is 0 Å². The van der Waals surface area contributed by atoms with Gasteiger partial charge in [0, 0.05) is 24.6 Å². The van der Waals surface area contributed by atoms with E-state index < -0.39 is 12.0 Å². The second kappa shape index (κ2) is 9.65. The number of ether oxygens (including phenoxy) is 1. The molecular weight excluding hydrogens is 418 g/mol. The molecule has 0 spiro atoms. The Bertz CT molecular complexity index is 1160. The van der Waals surface area contributed by atoms with Crippen molar-refractivity contribution >= 4 is 28.8 Å². The summed E-state index contributed by atoms with van der Waals surface area (Å²) < 4.78 is 7.57. The van der Waals surface area contributed by atoms with Gasteiger partial charge in [-0.25, -0.2) is 9.78 Å². The highest BCUT2D eigenvalue weighted by molar-refractivity contribution is 5.94. The van der Waals surface area contributed by atoms with Gasteiger partial charge in [0.25, 0.3) is 0 Å². The number of aryl methyl sites for hydroxylation is 2. The van der Waals surface area contributed by atoms with Crippen molar-refractivity contribution in [2.24, 2.45) is 0 Å². The van der Waals surface area contributed by atoms with Crippen LogP contribution in [0.15, 0.2) is 42.5 Å². The number of hydrogen-bond donors (Lipinski definition) is 1. The summed E-state index contributed by atoms with van der Waals surface area (Å²) in [6.07, 6.45) is 1.93. The first-order valence-corrected chi connectivity index (χ1v) is 11.7. The smallest absolute Gasteiger partial charge is 0.412 e. The van der Waals surface area contributed by atoms with E-state index in [0.717, 1.165) is 53.8 Å². The summed E-state index contributed by atoms with van der Waals surface area (Å²) in [4.78, 5) is 31.3. The molecular formula is C26H31N3O4. The standard InChI is InChI=1S/C26H31N3O4/c1-4-15-28-22-14-13-21-19(12-11-17(3)29(21)26(31)32)24(22)27-23(28)16-20(25(30)33-5-2)18-9-7-6-8-10-18/h6-10,13-14,17,20H,4-5,11-12,15-16H2,1-3H3,(H,31,32)/t17-,20?/m0/s1. The summed E-state index contributed by atoms with van der Waals surface area (Å²) in [7, 11) is 0. The number of carbonyl (C=O) groups is 2. The average Bonchev–Trinajstić information content (AvgIpc) is 3.15. The molecule has 1 amide bonds. The van der Waals surface area contributed by atoms with Crippen molar-refractivity contribution in [2.45, 2.75) is 65.0 Å². The number of aromatic nitrogens is 2. The molecule has 3 aromatic rings. The SMILES string of the molecule is CCCn1c(CC(C(=O)OCC)c2ccccc2)nc2c3c(ccc21)N(C(=O)O)[C@@H](C)CC3. The van der Waals surface area contributed by atoms with Crippen LogP contribution in [-0.4, -0.2) is 39.4 Å². The Morgan fingerprint density at radius 3 is 2.61 bits per heavy atom. The van der Waals surface area contributed by atoms with Gasteiger partial charge >= 0.3 is 12.1 Å². The first kappa shape index (κ1) is 22.8. The van der Waals surface area contributed by atoms with Crippen molar-refractivity contribution in [3.05, 3.63) is 59.4 Å². The number of carboxylic acid groups (broad SMARTS) is 1. The van der Waals surface area contributed by atoms with Gasteiger partial charge in [0.05, 0.1) is 29.2 Å². The first-order chi connectivity index (χ1) is 16.0. The lowest BCUT2D eigenvalue weighted by Gasteiger charge is -2.33. The summed E-state index contributed by atoms with van der Waals surface area (Å²) in [5, 5.41) is 9.78. The van der Waals surface area contributed by atoms with Gasteiger partial charge in [-0.1, -0.05) is 37.3 Å². The Morgan fingerprint density at radius 1 is 1.18 bits per heavy atom. The number of hydrogen-bond acceptors (Lipinski definition) is 4. The molecule has 0 aliphatic carbocycles. The van der Waals surface area contributed by atoms with Gasteiger partial charge < -0.3 is 14.4 Å². The van der Waals surface area contributed by atoms with Crippen LogP contribution < -0.4 is 4.90 Å². The predicted molar refractivity (Wildman–Crippen MR) is 128 cm³/mol. The summed E-state index contributed by atoms with van der Waals surface area (Å²) >= 11 is 0. The molecule has 1 aliphatic heterocycles. The number of esters is 1. The van der Waals surface area contributed by atoms with E-state index >= 15 is 0 Å². The minimum atomic E-state index is -0.942. The van der Waals surface area contributed by atoms with Crippen molar-refractivity contribution in [1.82, 2.24) is 9.55 Å². The van der Waals surface area contributed by atoms with Crippen LogP contribution >= 0.6 is 0 Å². The van der Waals surface area contributed by atoms with Crippen LogP contribution in [0.1, 0.15) is 56.5 Å². The van der Waals surface area contributed by atoms with Crippen LogP contribution in [0.5, 0.6) is 0 Å². The summed E-state index contributed by atoms with van der Waals surface area (Å²) in [6.45, 7) is 6.96. The topological polar surface area (TPSA) is 84.7 Å². The quantitative estimate of drug-likeness (QED) is 0.504. The van der Waals surface area contributed by atoms with E-state index in [9.17, 15) is 14.7 Å². The van der Waals surface area contributed by atoms with Gasteiger partial charge in [-0.2, -0.15) is 0 Å². The molecule has 7 heteroatoms. The molecule has 0 fully saturated rings. The number of benzene rings is 2. The van der Waals surface area contributed by atoms with E-state index in [2.05, 4.69) is 11.5 Å². The summed E-state index contributed by atoms with van der Waals surface area (Å²) in [6, 6.07) is 13.5. The van der Waals surface area contributed by atoms with E-state index in [1.54, 1.807) is 0 Å². The van der Waals surface area contributed by atoms with Gasteiger partial charge in [0.15, 0.2) is 0 Å². The van der Waals surface area contributed by atoms with Crippen LogP contribution in [0.2, 0.25) is 0 Å². The van der Waals surface area contributed by atoms with Crippen LogP contribution in [0.25, 0.3) is 11.0 Å². The van der Waals surface area contributed by atoms with Gasteiger partial charge in [-0.3, -0.25) is 9.69 Å². The van der Waals surface area contributed by atoms with Gasteiger partial charge in [-0.15, -0.1) is 0 Å². The van der Waals surface area contributed by atoms with Gasteiger partial charge in [0.1, 0.15) is 5.82 Å². The molecule has 0 saturated heterocycles. The zero-order valence-electron chi connectivity index (χ0n) is 19.5. The fraction of sp³-hybridized carbons (Fsp3) is 0.423. The zero-order chi connectivity index (χ0) is 23.5. The highest BCUT2D eigenvalue weighted by atomic mass is 16.5. The number of amides is 1. The largest absolute Gasteiger partial charge is 0.466 e. The predicted octanol–water partition coefficient (Wildman–Crippen LogP) is 5.15. The fourth-order valence-electron chi connectivity index (χ4n) is 4.84. The maximum atomic E-state index is 12.9. The maximum Gasteiger partial charge on any atom is 0.412 e. The van der Waals surface area contributed by atoms with Crippen molar-refractivity contribution in [3.8, 4) is 0 Å². The maximum absolute atomic E-state index is 12.9. The minimum Gasteiger partial charge on any atom is -0.466 e. The van der Waals surface area contributed by atoms with E-state index in [4.69, 9.17) is 9.72 Å². The second-order valence-corrected chi connectivity index (χ2v) is 8.57. The average molecular weight is 450 g/mol. The lowest BCUT2D eigenvalue weighted by molar-refractivity contribution is -0.145. The molecule has 0 radical (unpaired) electrons. The number of imidazole rings is 1. The Balaban J connectivity index is 1.82. The Kier molecular flexibility index (Phi) is 6.67. The van der Waals surface area contributed by atoms with E-state index in [1.165, 1.54) is 4.90 Å². The Morgan fingerprint density at radius 2 is 1.94 bits per heavy atom. The van der Waals surface area contributed by atoms with Crippen LogP contribution in [0, 0.1) is 0 Å². The molecule has 1 aromatic heterocycles. The van der Waals surface area contributed by atoms with Crippen molar-refractivity contribution in [1.29, 1.82) is 0 Å². The third-order valence-electron chi connectivity index (χ3n) is 6.41. The molecule has 7 nitrogen and oxygen atoms in total. The molecule has 174 valence electrons. The third kappa shape index (κ3) is 4.32. The Hall–Kier alpha value is -3.35. The number of carbonyl (C=O) groups excluding carboxylic acids is 1. The Labute approximate surface area is 194 Å². The molecule has 0 bridgehead atoms. The molecule has 33 heavy (non-hydrogen) atoms. The van der Waals surface area contributed by atoms with E-state index in [1.807, 2.05) is 56.3 Å². The van der Waals surface area contributed by atoms with E-state index in [0.29, 0.717) is 18.7 Å². The normalized spacial score (nSPS) is 16.5. The minimum absolute atomic E-state index is 0.0732. The van der Waals surface area contributed by atoms with Crippen LogP contribution in [0.4, 0.5) is 10.5 Å². The lowest BCUT2D eigenvalue weighted by atomic mass is 9.95. The molecule has 2 atom stereocenters. The van der Waals surface area contributed by atoms with Crippen LogP contribution in [0.3, 0.4) is 0 Å². The second-order valence-electron chi connectivity index (χ2n) is 8.57. The molecule has 2 heterocycles. The number of fused-ring (bicyclic) bond motifs is 3. The van der Waals surface area contributed by atoms with Crippen molar-refractivity contribution in [2.75, 3.05) is 11.5 Å². The first-order valence-electron chi connectivity index (χ1n) is 11.7. The van der Waals surface area contributed by atoms with E-state index in [-0.39, 0.29) is 12.0 Å². The number of anilines is 1. The van der Waals surface area contributed by atoms with Gasteiger partial charge in [0.2, 0.25) is 0 Å². The molecule has 1 aliphatic rings. The monoisotopic (exact) mass is 449 g/mol. The molecule has 0 saturated carbocycles. The van der Waals surface area contributed by atoms with Gasteiger partial charge in [-0.05, 0) is 50.8 Å². The summed E-state index contributed by atoms with van der Waals surface area (Å²) in [5.41, 5.74) is 4.41.